The summed E-state index contributed by atoms with van der Waals surface area (Å²) >= 11 is 5.17. The summed E-state index contributed by atoms with van der Waals surface area (Å²) in [5, 5.41) is 14.6. The van der Waals surface area contributed by atoms with Gasteiger partial charge >= 0.3 is 0 Å². The van der Waals surface area contributed by atoms with E-state index in [1.807, 2.05) is 12.1 Å². The van der Waals surface area contributed by atoms with Gasteiger partial charge in [-0.3, -0.25) is 0 Å². The van der Waals surface area contributed by atoms with Crippen molar-refractivity contribution in [2.45, 2.75) is 13.0 Å². The molecule has 0 amide bonds. The Morgan fingerprint density at radius 3 is 2.56 bits per heavy atom. The number of aromatic hydroxyl groups is 1. The van der Waals surface area contributed by atoms with E-state index in [0.29, 0.717) is 0 Å². The summed E-state index contributed by atoms with van der Waals surface area (Å²) in [5.74, 6) is 0.289. The summed E-state index contributed by atoms with van der Waals surface area (Å²) in [5.41, 5.74) is 1.01. The van der Waals surface area contributed by atoms with Crippen LogP contribution in [0.15, 0.2) is 40.2 Å². The first-order chi connectivity index (χ1) is 7.65. The normalized spacial score (nSPS) is 12.4. The van der Waals surface area contributed by atoms with Gasteiger partial charge in [-0.2, -0.15) is 0 Å². The Balaban J connectivity index is 2.07. The highest BCUT2D eigenvalue weighted by molar-refractivity contribution is 9.10. The molecule has 0 radical (unpaired) electrons. The van der Waals surface area contributed by atoms with Crippen molar-refractivity contribution >= 4 is 33.0 Å². The van der Waals surface area contributed by atoms with E-state index in [1.165, 1.54) is 4.88 Å². The number of thiophene rings is 1. The lowest BCUT2D eigenvalue weighted by Crippen LogP contribution is -2.04. The molecule has 1 aromatic carbocycles. The second kappa shape index (κ2) is 4.89. The Kier molecular flexibility index (Phi) is 3.51. The standard InChI is InChI=1S/C12H12BrNOS/c1-8(12-6-9(13)7-16-12)14-10-2-4-11(15)5-3-10/h2-8,14-15H,1H3. The average Bonchev–Trinajstić information content (AvgIpc) is 2.68. The lowest BCUT2D eigenvalue weighted by molar-refractivity contribution is 0.475. The third-order valence-electron chi connectivity index (χ3n) is 2.26. The highest BCUT2D eigenvalue weighted by atomic mass is 79.9. The first kappa shape index (κ1) is 11.5. The number of rotatable bonds is 3. The molecule has 1 aromatic heterocycles. The number of hydrogen-bond donors (Lipinski definition) is 2. The molecule has 2 rings (SSSR count). The zero-order valence-electron chi connectivity index (χ0n) is 8.77. The summed E-state index contributed by atoms with van der Waals surface area (Å²) in [6.45, 7) is 2.12. The first-order valence-electron chi connectivity index (χ1n) is 4.94. The number of nitrogens with one attached hydrogen (secondary N) is 1. The molecule has 0 aliphatic rings. The zero-order chi connectivity index (χ0) is 11.5. The number of hydrogen-bond acceptors (Lipinski definition) is 3. The molecule has 0 spiro atoms. The smallest absolute Gasteiger partial charge is 0.115 e. The van der Waals surface area contributed by atoms with Crippen LogP contribution < -0.4 is 5.32 Å². The predicted molar refractivity (Wildman–Crippen MR) is 72.2 cm³/mol. The topological polar surface area (TPSA) is 32.3 Å². The average molecular weight is 298 g/mol. The van der Waals surface area contributed by atoms with Gasteiger partial charge in [-0.1, -0.05) is 0 Å². The SMILES string of the molecule is CC(Nc1ccc(O)cc1)c1cc(Br)cs1. The van der Waals surface area contributed by atoms with E-state index in [9.17, 15) is 5.11 Å². The molecule has 0 saturated heterocycles. The molecule has 0 fully saturated rings. The molecule has 0 bridgehead atoms. The van der Waals surface area contributed by atoms with Gasteiger partial charge in [-0.05, 0) is 53.2 Å². The maximum absolute atomic E-state index is 9.18. The summed E-state index contributed by atoms with van der Waals surface area (Å²) in [4.78, 5) is 1.28. The van der Waals surface area contributed by atoms with Crippen LogP contribution in [0.2, 0.25) is 0 Å². The summed E-state index contributed by atoms with van der Waals surface area (Å²) in [6, 6.07) is 9.48. The molecule has 16 heavy (non-hydrogen) atoms. The fourth-order valence-electron chi connectivity index (χ4n) is 1.43. The minimum atomic E-state index is 0.265. The van der Waals surface area contributed by atoms with Gasteiger partial charge in [0, 0.05) is 20.4 Å². The molecule has 0 saturated carbocycles. The van der Waals surface area contributed by atoms with Crippen molar-refractivity contribution < 1.29 is 5.11 Å². The Morgan fingerprint density at radius 2 is 2.00 bits per heavy atom. The largest absolute Gasteiger partial charge is 0.508 e. The number of phenols is 1. The highest BCUT2D eigenvalue weighted by Gasteiger charge is 2.07. The van der Waals surface area contributed by atoms with Gasteiger partial charge in [0.15, 0.2) is 0 Å². The zero-order valence-corrected chi connectivity index (χ0v) is 11.2. The van der Waals surface area contributed by atoms with Crippen molar-refractivity contribution in [1.82, 2.24) is 0 Å². The van der Waals surface area contributed by atoms with Gasteiger partial charge in [0.05, 0.1) is 6.04 Å². The van der Waals surface area contributed by atoms with Crippen LogP contribution in [0, 0.1) is 0 Å². The van der Waals surface area contributed by atoms with Gasteiger partial charge in [-0.15, -0.1) is 11.3 Å². The Bertz CT molecular complexity index is 466. The monoisotopic (exact) mass is 297 g/mol. The van der Waals surface area contributed by atoms with E-state index in [1.54, 1.807) is 23.5 Å². The van der Waals surface area contributed by atoms with Gasteiger partial charge in [0.25, 0.3) is 0 Å². The molecule has 2 nitrogen and oxygen atoms in total. The fourth-order valence-corrected chi connectivity index (χ4v) is 2.89. The van der Waals surface area contributed by atoms with Gasteiger partial charge in [-0.25, -0.2) is 0 Å². The Labute approximate surface area is 107 Å². The van der Waals surface area contributed by atoms with Crippen molar-refractivity contribution in [1.29, 1.82) is 0 Å². The van der Waals surface area contributed by atoms with E-state index in [-0.39, 0.29) is 11.8 Å². The van der Waals surface area contributed by atoms with Crippen LogP contribution in [0.5, 0.6) is 5.75 Å². The van der Waals surface area contributed by atoms with Crippen LogP contribution in [-0.4, -0.2) is 5.11 Å². The molecule has 0 aliphatic carbocycles. The fraction of sp³-hybridized carbons (Fsp3) is 0.167. The molecule has 84 valence electrons. The third-order valence-corrected chi connectivity index (χ3v) is 4.14. The first-order valence-corrected chi connectivity index (χ1v) is 6.62. The molecule has 1 heterocycles. The molecule has 2 N–H and O–H groups in total. The second-order valence-corrected chi connectivity index (χ2v) is 5.44. The highest BCUT2D eigenvalue weighted by Crippen LogP contribution is 2.28. The van der Waals surface area contributed by atoms with E-state index in [4.69, 9.17) is 0 Å². The van der Waals surface area contributed by atoms with E-state index in [0.717, 1.165) is 10.2 Å². The van der Waals surface area contributed by atoms with Crippen LogP contribution in [-0.2, 0) is 0 Å². The van der Waals surface area contributed by atoms with Crippen molar-refractivity contribution in [3.8, 4) is 5.75 Å². The van der Waals surface area contributed by atoms with E-state index in [2.05, 4.69) is 39.6 Å². The molecule has 2 aromatic rings. The Hall–Kier alpha value is -1.000. The molecule has 4 heteroatoms. The van der Waals surface area contributed by atoms with Crippen molar-refractivity contribution in [2.24, 2.45) is 0 Å². The summed E-state index contributed by atoms with van der Waals surface area (Å²) < 4.78 is 1.12. The van der Waals surface area contributed by atoms with Crippen LogP contribution in [0.1, 0.15) is 17.8 Å². The van der Waals surface area contributed by atoms with Crippen molar-refractivity contribution in [3.63, 3.8) is 0 Å². The molecular formula is C12H12BrNOS. The van der Waals surface area contributed by atoms with Crippen LogP contribution in [0.3, 0.4) is 0 Å². The van der Waals surface area contributed by atoms with Gasteiger partial charge < -0.3 is 10.4 Å². The number of benzene rings is 1. The third kappa shape index (κ3) is 2.77. The summed E-state index contributed by atoms with van der Waals surface area (Å²) in [7, 11) is 0. The predicted octanol–water partition coefficient (Wildman–Crippen LogP) is 4.39. The van der Waals surface area contributed by atoms with Crippen molar-refractivity contribution in [3.05, 3.63) is 45.1 Å². The summed E-state index contributed by atoms with van der Waals surface area (Å²) in [6.07, 6.45) is 0. The van der Waals surface area contributed by atoms with E-state index >= 15 is 0 Å². The quantitative estimate of drug-likeness (QED) is 0.824. The molecule has 1 atom stereocenters. The van der Waals surface area contributed by atoms with Gasteiger partial charge in [0.2, 0.25) is 0 Å². The number of phenolic OH excluding ortho intramolecular Hbond substituents is 1. The Morgan fingerprint density at radius 1 is 1.31 bits per heavy atom. The number of halogens is 1. The minimum absolute atomic E-state index is 0.265. The van der Waals surface area contributed by atoms with Crippen LogP contribution in [0.25, 0.3) is 0 Å². The molecule has 0 aliphatic heterocycles. The minimum Gasteiger partial charge on any atom is -0.508 e. The second-order valence-electron chi connectivity index (χ2n) is 3.58. The van der Waals surface area contributed by atoms with Crippen LogP contribution in [0.4, 0.5) is 5.69 Å². The molecular weight excluding hydrogens is 286 g/mol. The van der Waals surface area contributed by atoms with Crippen molar-refractivity contribution in [2.75, 3.05) is 5.32 Å². The lowest BCUT2D eigenvalue weighted by Gasteiger charge is -2.13. The maximum atomic E-state index is 9.18. The van der Waals surface area contributed by atoms with Gasteiger partial charge in [0.1, 0.15) is 5.75 Å². The lowest BCUT2D eigenvalue weighted by atomic mass is 10.2. The number of anilines is 1. The maximum Gasteiger partial charge on any atom is 0.115 e. The van der Waals surface area contributed by atoms with E-state index < -0.39 is 0 Å². The van der Waals surface area contributed by atoms with Crippen LogP contribution >= 0.6 is 27.3 Å². The molecule has 1 unspecified atom stereocenters.